The van der Waals surface area contributed by atoms with E-state index in [0.717, 1.165) is 25.8 Å². The molecule has 2 unspecified atom stereocenters. The van der Waals surface area contributed by atoms with Gasteiger partial charge in [-0.3, -0.25) is 4.79 Å². The summed E-state index contributed by atoms with van der Waals surface area (Å²) < 4.78 is 0. The Balaban J connectivity index is 2.13. The molecule has 2 atom stereocenters. The SMILES string of the molecule is CC(C)N(C)C(=O)CNCC1CCC(O)C1. The Morgan fingerprint density at radius 1 is 1.50 bits per heavy atom. The largest absolute Gasteiger partial charge is 0.393 e. The van der Waals surface area contributed by atoms with E-state index < -0.39 is 0 Å². The van der Waals surface area contributed by atoms with Gasteiger partial charge in [-0.1, -0.05) is 0 Å². The first-order valence-electron chi connectivity index (χ1n) is 6.15. The molecule has 0 aromatic carbocycles. The number of carbonyl (C=O) groups is 1. The van der Waals surface area contributed by atoms with E-state index in [1.54, 1.807) is 4.90 Å². The maximum atomic E-state index is 11.6. The Bertz CT molecular complexity index is 231. The summed E-state index contributed by atoms with van der Waals surface area (Å²) in [5, 5.41) is 12.5. The lowest BCUT2D eigenvalue weighted by atomic mass is 10.1. The fourth-order valence-electron chi connectivity index (χ4n) is 2.03. The van der Waals surface area contributed by atoms with Crippen LogP contribution in [0.5, 0.6) is 0 Å². The van der Waals surface area contributed by atoms with Crippen LogP contribution in [0.15, 0.2) is 0 Å². The van der Waals surface area contributed by atoms with Crippen LogP contribution in [0.3, 0.4) is 0 Å². The fraction of sp³-hybridized carbons (Fsp3) is 0.917. The summed E-state index contributed by atoms with van der Waals surface area (Å²) in [7, 11) is 1.83. The van der Waals surface area contributed by atoms with Crippen molar-refractivity contribution in [2.75, 3.05) is 20.1 Å². The van der Waals surface area contributed by atoms with Gasteiger partial charge in [-0.15, -0.1) is 0 Å². The molecule has 1 aliphatic carbocycles. The molecule has 1 amide bonds. The van der Waals surface area contributed by atoms with Gasteiger partial charge < -0.3 is 15.3 Å². The molecule has 0 saturated heterocycles. The lowest BCUT2D eigenvalue weighted by Gasteiger charge is -2.22. The molecule has 0 spiro atoms. The number of aliphatic hydroxyl groups excluding tert-OH is 1. The molecule has 4 heteroatoms. The quantitative estimate of drug-likeness (QED) is 0.724. The number of hydrogen-bond acceptors (Lipinski definition) is 3. The van der Waals surface area contributed by atoms with E-state index in [1.807, 2.05) is 20.9 Å². The third-order valence-electron chi connectivity index (χ3n) is 3.39. The minimum absolute atomic E-state index is 0.124. The molecule has 1 fully saturated rings. The average Bonchev–Trinajstić information content (AvgIpc) is 2.62. The maximum absolute atomic E-state index is 11.6. The second-order valence-corrected chi connectivity index (χ2v) is 5.06. The number of likely N-dealkylation sites (N-methyl/N-ethyl adjacent to an activating group) is 1. The average molecular weight is 228 g/mol. The van der Waals surface area contributed by atoms with Crippen molar-refractivity contribution >= 4 is 5.91 Å². The van der Waals surface area contributed by atoms with Crippen LogP contribution in [0.4, 0.5) is 0 Å². The second-order valence-electron chi connectivity index (χ2n) is 5.06. The van der Waals surface area contributed by atoms with Crippen molar-refractivity contribution < 1.29 is 9.90 Å². The van der Waals surface area contributed by atoms with E-state index in [-0.39, 0.29) is 18.1 Å². The van der Waals surface area contributed by atoms with Crippen molar-refractivity contribution in [3.8, 4) is 0 Å². The smallest absolute Gasteiger partial charge is 0.236 e. The van der Waals surface area contributed by atoms with E-state index in [1.165, 1.54) is 0 Å². The molecule has 0 radical (unpaired) electrons. The lowest BCUT2D eigenvalue weighted by molar-refractivity contribution is -0.130. The standard InChI is InChI=1S/C12H24N2O2/c1-9(2)14(3)12(16)8-13-7-10-4-5-11(15)6-10/h9-11,13,15H,4-8H2,1-3H3. The number of carbonyl (C=O) groups excluding carboxylic acids is 1. The van der Waals surface area contributed by atoms with E-state index in [9.17, 15) is 9.90 Å². The van der Waals surface area contributed by atoms with Crippen molar-refractivity contribution in [1.82, 2.24) is 10.2 Å². The summed E-state index contributed by atoms with van der Waals surface area (Å²) in [5.74, 6) is 0.667. The van der Waals surface area contributed by atoms with Crippen LogP contribution in [0.2, 0.25) is 0 Å². The molecule has 0 bridgehead atoms. The van der Waals surface area contributed by atoms with Gasteiger partial charge in [0, 0.05) is 13.1 Å². The topological polar surface area (TPSA) is 52.6 Å². The van der Waals surface area contributed by atoms with Crippen molar-refractivity contribution in [3.63, 3.8) is 0 Å². The van der Waals surface area contributed by atoms with Gasteiger partial charge in [-0.25, -0.2) is 0 Å². The number of nitrogens with zero attached hydrogens (tertiary/aromatic N) is 1. The zero-order valence-corrected chi connectivity index (χ0v) is 10.6. The van der Waals surface area contributed by atoms with E-state index in [0.29, 0.717) is 12.5 Å². The van der Waals surface area contributed by atoms with Crippen LogP contribution in [0.1, 0.15) is 33.1 Å². The van der Waals surface area contributed by atoms with Crippen LogP contribution in [0, 0.1) is 5.92 Å². The van der Waals surface area contributed by atoms with Crippen molar-refractivity contribution in [2.24, 2.45) is 5.92 Å². The number of nitrogens with one attached hydrogen (secondary N) is 1. The zero-order valence-electron chi connectivity index (χ0n) is 10.6. The molecule has 0 aromatic rings. The van der Waals surface area contributed by atoms with Gasteiger partial charge in [0.15, 0.2) is 0 Å². The Hall–Kier alpha value is -0.610. The summed E-state index contributed by atoms with van der Waals surface area (Å²) in [5.41, 5.74) is 0. The third kappa shape index (κ3) is 4.10. The predicted octanol–water partition coefficient (Wildman–Crippen LogP) is 0.604. The summed E-state index contributed by atoms with van der Waals surface area (Å²) in [6.45, 7) is 5.26. The summed E-state index contributed by atoms with van der Waals surface area (Å²) >= 11 is 0. The molecule has 16 heavy (non-hydrogen) atoms. The summed E-state index contributed by atoms with van der Waals surface area (Å²) in [4.78, 5) is 13.4. The number of hydrogen-bond donors (Lipinski definition) is 2. The van der Waals surface area contributed by atoms with Crippen molar-refractivity contribution in [1.29, 1.82) is 0 Å². The van der Waals surface area contributed by atoms with E-state index in [2.05, 4.69) is 5.32 Å². The Labute approximate surface area is 98.0 Å². The minimum Gasteiger partial charge on any atom is -0.393 e. The molecule has 1 aliphatic rings. The highest BCUT2D eigenvalue weighted by atomic mass is 16.3. The monoisotopic (exact) mass is 228 g/mol. The maximum Gasteiger partial charge on any atom is 0.236 e. The number of rotatable bonds is 5. The second kappa shape index (κ2) is 6.21. The molecule has 1 saturated carbocycles. The van der Waals surface area contributed by atoms with Gasteiger partial charge in [0.1, 0.15) is 0 Å². The highest BCUT2D eigenvalue weighted by Crippen LogP contribution is 2.24. The lowest BCUT2D eigenvalue weighted by Crippen LogP contribution is -2.40. The van der Waals surface area contributed by atoms with Gasteiger partial charge in [0.05, 0.1) is 12.6 Å². The fourth-order valence-corrected chi connectivity index (χ4v) is 2.03. The first-order valence-corrected chi connectivity index (χ1v) is 6.15. The zero-order chi connectivity index (χ0) is 12.1. The summed E-state index contributed by atoms with van der Waals surface area (Å²) in [6, 6.07) is 0.252. The van der Waals surface area contributed by atoms with E-state index in [4.69, 9.17) is 0 Å². The Kier molecular flexibility index (Phi) is 5.22. The van der Waals surface area contributed by atoms with Crippen LogP contribution in [-0.4, -0.2) is 48.2 Å². The normalized spacial score (nSPS) is 25.1. The minimum atomic E-state index is -0.124. The van der Waals surface area contributed by atoms with Gasteiger partial charge in [-0.05, 0) is 45.6 Å². The first-order chi connectivity index (χ1) is 7.50. The Morgan fingerprint density at radius 3 is 2.69 bits per heavy atom. The molecule has 94 valence electrons. The van der Waals surface area contributed by atoms with Crippen LogP contribution in [0.25, 0.3) is 0 Å². The predicted molar refractivity (Wildman–Crippen MR) is 64.1 cm³/mol. The molecular weight excluding hydrogens is 204 g/mol. The number of aliphatic hydroxyl groups is 1. The molecule has 0 aromatic heterocycles. The van der Waals surface area contributed by atoms with Crippen LogP contribution in [-0.2, 0) is 4.79 Å². The molecule has 0 aliphatic heterocycles. The van der Waals surface area contributed by atoms with Crippen molar-refractivity contribution in [2.45, 2.75) is 45.3 Å². The Morgan fingerprint density at radius 2 is 2.19 bits per heavy atom. The molecule has 0 heterocycles. The molecular formula is C12H24N2O2. The van der Waals surface area contributed by atoms with Gasteiger partial charge in [-0.2, -0.15) is 0 Å². The van der Waals surface area contributed by atoms with Gasteiger partial charge in [0.25, 0.3) is 0 Å². The third-order valence-corrected chi connectivity index (χ3v) is 3.39. The van der Waals surface area contributed by atoms with E-state index >= 15 is 0 Å². The highest BCUT2D eigenvalue weighted by molar-refractivity contribution is 5.78. The van der Waals surface area contributed by atoms with Crippen molar-refractivity contribution in [3.05, 3.63) is 0 Å². The summed E-state index contributed by atoms with van der Waals surface area (Å²) in [6.07, 6.45) is 2.73. The van der Waals surface area contributed by atoms with Gasteiger partial charge in [0.2, 0.25) is 5.91 Å². The van der Waals surface area contributed by atoms with Crippen LogP contribution >= 0.6 is 0 Å². The highest BCUT2D eigenvalue weighted by Gasteiger charge is 2.22. The molecule has 4 nitrogen and oxygen atoms in total. The molecule has 2 N–H and O–H groups in total. The molecule has 1 rings (SSSR count). The van der Waals surface area contributed by atoms with Crippen LogP contribution < -0.4 is 5.32 Å². The first kappa shape index (κ1) is 13.5. The van der Waals surface area contributed by atoms with Gasteiger partial charge >= 0.3 is 0 Å². The number of amides is 1.